The van der Waals surface area contributed by atoms with E-state index in [0.717, 1.165) is 11.1 Å². The maximum Gasteiger partial charge on any atom is 0.335 e. The Labute approximate surface area is 118 Å². The summed E-state index contributed by atoms with van der Waals surface area (Å²) in [5.41, 5.74) is 2.00. The van der Waals surface area contributed by atoms with Gasteiger partial charge in [-0.15, -0.1) is 0 Å². The third kappa shape index (κ3) is 3.45. The number of rotatable bonds is 5. The van der Waals surface area contributed by atoms with Crippen molar-refractivity contribution in [3.8, 4) is 0 Å². The molecule has 2 rings (SSSR count). The molecule has 0 saturated carbocycles. The lowest BCUT2D eigenvalue weighted by Crippen LogP contribution is -2.30. The summed E-state index contributed by atoms with van der Waals surface area (Å²) in [6, 6.07) is 19.4. The van der Waals surface area contributed by atoms with E-state index < -0.39 is 12.1 Å². The van der Waals surface area contributed by atoms with E-state index in [4.69, 9.17) is 0 Å². The number of aliphatic hydroxyl groups excluding tert-OH is 1. The maximum absolute atomic E-state index is 11.6. The summed E-state index contributed by atoms with van der Waals surface area (Å²) in [5, 5.41) is 10.2. The van der Waals surface area contributed by atoms with Gasteiger partial charge in [-0.3, -0.25) is 0 Å². The van der Waals surface area contributed by atoms with Gasteiger partial charge in [0.15, 0.2) is 6.10 Å². The van der Waals surface area contributed by atoms with E-state index in [1.54, 1.807) is 0 Å². The van der Waals surface area contributed by atoms with E-state index in [0.29, 0.717) is 6.42 Å². The molecule has 3 heteroatoms. The Kier molecular flexibility index (Phi) is 4.91. The Morgan fingerprint density at radius 1 is 1.05 bits per heavy atom. The van der Waals surface area contributed by atoms with Crippen LogP contribution in [0.3, 0.4) is 0 Å². The number of esters is 1. The fraction of sp³-hybridized carbons (Fsp3) is 0.235. The van der Waals surface area contributed by atoms with Crippen LogP contribution in [0.1, 0.15) is 17.0 Å². The molecular formula is C17H18O3. The van der Waals surface area contributed by atoms with Gasteiger partial charge in [-0.05, 0) is 17.5 Å². The molecule has 0 spiro atoms. The highest BCUT2D eigenvalue weighted by atomic mass is 16.5. The Morgan fingerprint density at radius 2 is 1.60 bits per heavy atom. The van der Waals surface area contributed by atoms with Crippen LogP contribution in [0.5, 0.6) is 0 Å². The van der Waals surface area contributed by atoms with Crippen LogP contribution in [0.2, 0.25) is 0 Å². The Morgan fingerprint density at radius 3 is 2.15 bits per heavy atom. The number of carbonyl (C=O) groups is 1. The molecule has 2 unspecified atom stereocenters. The zero-order chi connectivity index (χ0) is 14.4. The first-order valence-electron chi connectivity index (χ1n) is 6.57. The highest BCUT2D eigenvalue weighted by molar-refractivity contribution is 5.75. The van der Waals surface area contributed by atoms with Gasteiger partial charge in [-0.2, -0.15) is 0 Å². The second-order valence-electron chi connectivity index (χ2n) is 4.67. The van der Waals surface area contributed by atoms with Crippen LogP contribution in [0.4, 0.5) is 0 Å². The number of benzene rings is 2. The van der Waals surface area contributed by atoms with Gasteiger partial charge in [-0.25, -0.2) is 4.79 Å². The molecule has 0 aliphatic rings. The van der Waals surface area contributed by atoms with Crippen LogP contribution >= 0.6 is 0 Å². The molecule has 0 aliphatic carbocycles. The highest BCUT2D eigenvalue weighted by Crippen LogP contribution is 2.25. The summed E-state index contributed by atoms with van der Waals surface area (Å²) in [7, 11) is 1.29. The minimum Gasteiger partial charge on any atom is -0.467 e. The number of methoxy groups -OCH3 is 1. The molecule has 0 bridgehead atoms. The lowest BCUT2D eigenvalue weighted by atomic mass is 9.87. The Bertz CT molecular complexity index is 537. The molecule has 2 aromatic rings. The molecule has 1 N–H and O–H groups in total. The Hall–Kier alpha value is -2.13. The molecule has 3 nitrogen and oxygen atoms in total. The number of ether oxygens (including phenoxy) is 1. The van der Waals surface area contributed by atoms with Gasteiger partial charge in [0, 0.05) is 5.92 Å². The molecule has 20 heavy (non-hydrogen) atoms. The third-order valence-corrected chi connectivity index (χ3v) is 3.35. The molecule has 2 aromatic carbocycles. The van der Waals surface area contributed by atoms with Crippen molar-refractivity contribution in [2.24, 2.45) is 0 Å². The lowest BCUT2D eigenvalue weighted by Gasteiger charge is -2.21. The van der Waals surface area contributed by atoms with Crippen LogP contribution in [-0.4, -0.2) is 24.3 Å². The van der Waals surface area contributed by atoms with Gasteiger partial charge in [0.1, 0.15) is 0 Å². The zero-order valence-corrected chi connectivity index (χ0v) is 11.4. The maximum atomic E-state index is 11.6. The number of carbonyl (C=O) groups excluding carboxylic acids is 1. The van der Waals surface area contributed by atoms with Crippen LogP contribution < -0.4 is 0 Å². The average molecular weight is 270 g/mol. The SMILES string of the molecule is COC(=O)C(O)C(Cc1ccccc1)c1ccccc1. The largest absolute Gasteiger partial charge is 0.467 e. The van der Waals surface area contributed by atoms with Gasteiger partial charge in [0.05, 0.1) is 7.11 Å². The zero-order valence-electron chi connectivity index (χ0n) is 11.4. The van der Waals surface area contributed by atoms with Crippen molar-refractivity contribution in [2.75, 3.05) is 7.11 Å². The standard InChI is InChI=1S/C17H18O3/c1-20-17(19)16(18)15(14-10-6-3-7-11-14)12-13-8-4-2-5-9-13/h2-11,15-16,18H,12H2,1H3. The lowest BCUT2D eigenvalue weighted by molar-refractivity contribution is -0.151. The normalized spacial score (nSPS) is 13.5. The van der Waals surface area contributed by atoms with E-state index >= 15 is 0 Å². The molecule has 0 saturated heterocycles. The predicted octanol–water partition coefficient (Wildman–Crippen LogP) is 2.55. The molecule has 0 fully saturated rings. The smallest absolute Gasteiger partial charge is 0.335 e. The summed E-state index contributed by atoms with van der Waals surface area (Å²) >= 11 is 0. The molecular weight excluding hydrogens is 252 g/mol. The van der Waals surface area contributed by atoms with Gasteiger partial charge in [0.25, 0.3) is 0 Å². The Balaban J connectivity index is 2.27. The fourth-order valence-electron chi connectivity index (χ4n) is 2.27. The molecule has 0 heterocycles. The van der Waals surface area contributed by atoms with Gasteiger partial charge >= 0.3 is 5.97 Å². The van der Waals surface area contributed by atoms with Crippen LogP contribution in [0, 0.1) is 0 Å². The first-order chi connectivity index (χ1) is 9.72. The molecule has 0 amide bonds. The monoisotopic (exact) mass is 270 g/mol. The summed E-state index contributed by atoms with van der Waals surface area (Å²) in [5.74, 6) is -0.916. The van der Waals surface area contributed by atoms with Crippen LogP contribution in [-0.2, 0) is 16.0 Å². The molecule has 2 atom stereocenters. The third-order valence-electron chi connectivity index (χ3n) is 3.35. The van der Waals surface area contributed by atoms with Crippen molar-refractivity contribution in [3.63, 3.8) is 0 Å². The van der Waals surface area contributed by atoms with Crippen molar-refractivity contribution in [1.29, 1.82) is 0 Å². The van der Waals surface area contributed by atoms with E-state index in [-0.39, 0.29) is 5.92 Å². The number of aliphatic hydroxyl groups is 1. The topological polar surface area (TPSA) is 46.5 Å². The van der Waals surface area contributed by atoms with Crippen LogP contribution in [0.15, 0.2) is 60.7 Å². The highest BCUT2D eigenvalue weighted by Gasteiger charge is 2.28. The quantitative estimate of drug-likeness (QED) is 0.849. The van der Waals surface area contributed by atoms with Crippen molar-refractivity contribution >= 4 is 5.97 Å². The van der Waals surface area contributed by atoms with E-state index in [9.17, 15) is 9.90 Å². The minimum atomic E-state index is -1.16. The summed E-state index contributed by atoms with van der Waals surface area (Å²) < 4.78 is 4.66. The van der Waals surface area contributed by atoms with Gasteiger partial charge < -0.3 is 9.84 Å². The predicted molar refractivity (Wildman–Crippen MR) is 77.4 cm³/mol. The summed E-state index contributed by atoms with van der Waals surface area (Å²) in [6.45, 7) is 0. The van der Waals surface area contributed by atoms with E-state index in [1.807, 2.05) is 60.7 Å². The van der Waals surface area contributed by atoms with Crippen molar-refractivity contribution in [2.45, 2.75) is 18.4 Å². The van der Waals surface area contributed by atoms with Crippen molar-refractivity contribution in [1.82, 2.24) is 0 Å². The molecule has 0 aliphatic heterocycles. The molecule has 104 valence electrons. The van der Waals surface area contributed by atoms with Crippen molar-refractivity contribution < 1.29 is 14.6 Å². The fourth-order valence-corrected chi connectivity index (χ4v) is 2.27. The second kappa shape index (κ2) is 6.87. The second-order valence-corrected chi connectivity index (χ2v) is 4.67. The van der Waals surface area contributed by atoms with E-state index in [1.165, 1.54) is 7.11 Å². The molecule has 0 aromatic heterocycles. The van der Waals surface area contributed by atoms with Crippen LogP contribution in [0.25, 0.3) is 0 Å². The average Bonchev–Trinajstić information content (AvgIpc) is 2.53. The van der Waals surface area contributed by atoms with Gasteiger partial charge in [0.2, 0.25) is 0 Å². The summed E-state index contributed by atoms with van der Waals surface area (Å²) in [4.78, 5) is 11.6. The number of hydrogen-bond acceptors (Lipinski definition) is 3. The first-order valence-corrected chi connectivity index (χ1v) is 6.57. The minimum absolute atomic E-state index is 0.314. The first kappa shape index (κ1) is 14.3. The van der Waals surface area contributed by atoms with Crippen molar-refractivity contribution in [3.05, 3.63) is 71.8 Å². The van der Waals surface area contributed by atoms with Gasteiger partial charge in [-0.1, -0.05) is 60.7 Å². The summed E-state index contributed by atoms with van der Waals surface area (Å²) in [6.07, 6.45) is -0.580. The number of hydrogen-bond donors (Lipinski definition) is 1. The molecule has 0 radical (unpaired) electrons. The van der Waals surface area contributed by atoms with E-state index in [2.05, 4.69) is 4.74 Å².